The molecule has 0 heterocycles. The third kappa shape index (κ3) is 57.0. The van der Waals surface area contributed by atoms with Crippen LogP contribution >= 0.6 is 0 Å². The van der Waals surface area contributed by atoms with Gasteiger partial charge in [0.1, 0.15) is 13.2 Å². The first-order valence-electron chi connectivity index (χ1n) is 29.9. The lowest BCUT2D eigenvalue weighted by Gasteiger charge is -2.18. The Kier molecular flexibility index (Phi) is 56.4. The Morgan fingerprint density at radius 1 is 0.292 bits per heavy atom. The molecule has 0 amide bonds. The molecule has 0 saturated heterocycles. The van der Waals surface area contributed by atoms with Crippen molar-refractivity contribution < 1.29 is 28.6 Å². The van der Waals surface area contributed by atoms with Gasteiger partial charge in [0.25, 0.3) is 0 Å². The lowest BCUT2D eigenvalue weighted by molar-refractivity contribution is -0.167. The molecule has 0 saturated carbocycles. The van der Waals surface area contributed by atoms with Gasteiger partial charge < -0.3 is 14.2 Å². The molecule has 0 spiro atoms. The fraction of sp³-hybridized carbons (Fsp3) is 0.682. The number of rotatable bonds is 53. The first kappa shape index (κ1) is 68.1. The van der Waals surface area contributed by atoms with Crippen molar-refractivity contribution in [1.29, 1.82) is 0 Å². The maximum Gasteiger partial charge on any atom is 0.306 e. The summed E-state index contributed by atoms with van der Waals surface area (Å²) in [7, 11) is 0. The molecule has 1 atom stereocenters. The van der Waals surface area contributed by atoms with Crippen molar-refractivity contribution in [3.63, 3.8) is 0 Å². The van der Waals surface area contributed by atoms with Gasteiger partial charge in [-0.25, -0.2) is 0 Å². The van der Waals surface area contributed by atoms with Crippen LogP contribution < -0.4 is 0 Å². The van der Waals surface area contributed by atoms with Crippen LogP contribution in [-0.2, 0) is 28.6 Å². The average molecular weight is 1000 g/mol. The molecule has 0 aromatic heterocycles. The molecular weight excluding hydrogens is 889 g/mol. The molecule has 1 unspecified atom stereocenters. The fourth-order valence-electron chi connectivity index (χ4n) is 8.07. The van der Waals surface area contributed by atoms with Crippen molar-refractivity contribution in [2.24, 2.45) is 0 Å². The van der Waals surface area contributed by atoms with E-state index in [2.05, 4.69) is 130 Å². The van der Waals surface area contributed by atoms with E-state index in [1.165, 1.54) is 96.3 Å². The van der Waals surface area contributed by atoms with Gasteiger partial charge in [0.05, 0.1) is 0 Å². The third-order valence-electron chi connectivity index (χ3n) is 12.5. The minimum atomic E-state index is -0.801. The van der Waals surface area contributed by atoms with Crippen LogP contribution in [0.25, 0.3) is 0 Å². The molecule has 0 aliphatic heterocycles. The summed E-state index contributed by atoms with van der Waals surface area (Å²) < 4.78 is 16.9. The van der Waals surface area contributed by atoms with Crippen LogP contribution in [0.5, 0.6) is 0 Å². The Morgan fingerprint density at radius 3 is 0.861 bits per heavy atom. The summed E-state index contributed by atoms with van der Waals surface area (Å²) in [4.78, 5) is 38.2. The van der Waals surface area contributed by atoms with Crippen molar-refractivity contribution in [2.75, 3.05) is 13.2 Å². The van der Waals surface area contributed by atoms with Crippen LogP contribution in [0.2, 0.25) is 0 Å². The number of allylic oxidation sites excluding steroid dienone is 18. The zero-order valence-electron chi connectivity index (χ0n) is 46.9. The zero-order chi connectivity index (χ0) is 52.2. The van der Waals surface area contributed by atoms with E-state index in [9.17, 15) is 14.4 Å². The van der Waals surface area contributed by atoms with Gasteiger partial charge >= 0.3 is 17.9 Å². The summed E-state index contributed by atoms with van der Waals surface area (Å²) in [6, 6.07) is 0. The number of carbonyl (C=O) groups is 3. The predicted molar refractivity (Wildman–Crippen MR) is 311 cm³/mol. The van der Waals surface area contributed by atoms with Crippen LogP contribution in [-0.4, -0.2) is 37.2 Å². The van der Waals surface area contributed by atoms with Gasteiger partial charge in [-0.05, 0) is 122 Å². The number of hydrogen-bond donors (Lipinski definition) is 0. The highest BCUT2D eigenvalue weighted by Crippen LogP contribution is 2.15. The highest BCUT2D eigenvalue weighted by atomic mass is 16.6. The van der Waals surface area contributed by atoms with E-state index < -0.39 is 6.10 Å². The minimum Gasteiger partial charge on any atom is -0.462 e. The van der Waals surface area contributed by atoms with E-state index in [0.717, 1.165) is 135 Å². The second kappa shape index (κ2) is 59.6. The van der Waals surface area contributed by atoms with Gasteiger partial charge in [-0.3, -0.25) is 14.4 Å². The Hall–Kier alpha value is -3.93. The van der Waals surface area contributed by atoms with E-state index in [0.29, 0.717) is 19.3 Å². The van der Waals surface area contributed by atoms with Gasteiger partial charge in [-0.1, -0.05) is 239 Å². The van der Waals surface area contributed by atoms with Gasteiger partial charge in [-0.15, -0.1) is 0 Å². The molecule has 0 aromatic rings. The van der Waals surface area contributed by atoms with Gasteiger partial charge in [0.2, 0.25) is 0 Å². The Morgan fingerprint density at radius 2 is 0.542 bits per heavy atom. The molecule has 6 nitrogen and oxygen atoms in total. The average Bonchev–Trinajstić information content (AvgIpc) is 3.38. The second-order valence-corrected chi connectivity index (χ2v) is 19.5. The van der Waals surface area contributed by atoms with Crippen LogP contribution in [0.1, 0.15) is 271 Å². The fourth-order valence-corrected chi connectivity index (χ4v) is 8.07. The van der Waals surface area contributed by atoms with E-state index in [1.807, 2.05) is 0 Å². The molecule has 0 fully saturated rings. The number of ether oxygens (including phenoxy) is 3. The monoisotopic (exact) mass is 999 g/mol. The summed E-state index contributed by atoms with van der Waals surface area (Å²) >= 11 is 0. The SMILES string of the molecule is CC/C=C\C/C=C\C/C=C\C/C=C\CCCCCCCCCCC(=O)OCC(COC(=O)CCCCCCC/C=C\CCCCCCCCC)OC(=O)CCCCCC/C=C\C/C=C\C/C=C\C/C=C\CC. The number of hydrogen-bond acceptors (Lipinski definition) is 6. The third-order valence-corrected chi connectivity index (χ3v) is 12.5. The molecule has 0 aromatic carbocycles. The number of unbranched alkanes of at least 4 members (excludes halogenated alkanes) is 24. The van der Waals surface area contributed by atoms with Crippen LogP contribution in [0.4, 0.5) is 0 Å². The quantitative estimate of drug-likeness (QED) is 0.0261. The van der Waals surface area contributed by atoms with E-state index >= 15 is 0 Å². The molecule has 0 radical (unpaired) electrons. The molecule has 410 valence electrons. The lowest BCUT2D eigenvalue weighted by Crippen LogP contribution is -2.30. The van der Waals surface area contributed by atoms with Gasteiger partial charge in [0, 0.05) is 19.3 Å². The standard InChI is InChI=1S/C66H110O6/c1-4-7-10-13-16-19-22-25-28-31-32-33-34-36-38-41-44-47-50-53-56-59-65(68)71-62-63(61-70-64(67)58-55-52-49-46-43-40-37-30-27-24-21-18-15-12-9-6-3)72-66(69)60-57-54-51-48-45-42-39-35-29-26-23-20-17-14-11-8-5-2/h7-8,10-11,16-17,19-20,25-26,28-30,32-33,37,39,42,63H,4-6,9,12-15,18,21-24,27,31,34-36,38,40-41,43-62H2,1-3H3/b10-7-,11-8-,19-16-,20-17-,28-25-,29-26-,33-32-,37-30-,42-39-. The molecule has 0 N–H and O–H groups in total. The Balaban J connectivity index is 4.45. The van der Waals surface area contributed by atoms with E-state index in [1.54, 1.807) is 0 Å². The largest absolute Gasteiger partial charge is 0.462 e. The second-order valence-electron chi connectivity index (χ2n) is 19.5. The van der Waals surface area contributed by atoms with Crippen molar-refractivity contribution in [1.82, 2.24) is 0 Å². The molecule has 0 aliphatic carbocycles. The zero-order valence-corrected chi connectivity index (χ0v) is 46.9. The van der Waals surface area contributed by atoms with E-state index in [4.69, 9.17) is 14.2 Å². The van der Waals surface area contributed by atoms with Crippen LogP contribution in [0, 0.1) is 0 Å². The number of carbonyl (C=O) groups excluding carboxylic acids is 3. The smallest absolute Gasteiger partial charge is 0.306 e. The lowest BCUT2D eigenvalue weighted by atomic mass is 10.1. The van der Waals surface area contributed by atoms with E-state index in [-0.39, 0.29) is 31.1 Å². The summed E-state index contributed by atoms with van der Waals surface area (Å²) in [6.07, 6.45) is 80.8. The van der Waals surface area contributed by atoms with Crippen LogP contribution in [0.3, 0.4) is 0 Å². The summed E-state index contributed by atoms with van der Waals surface area (Å²) in [5.74, 6) is -0.932. The highest BCUT2D eigenvalue weighted by molar-refractivity contribution is 5.71. The van der Waals surface area contributed by atoms with Crippen molar-refractivity contribution in [3.05, 3.63) is 109 Å². The maximum atomic E-state index is 12.9. The maximum absolute atomic E-state index is 12.9. The minimum absolute atomic E-state index is 0.0959. The summed E-state index contributed by atoms with van der Waals surface area (Å²) in [6.45, 7) is 6.39. The van der Waals surface area contributed by atoms with Gasteiger partial charge in [0.15, 0.2) is 6.10 Å². The molecule has 6 heteroatoms. The molecule has 0 bridgehead atoms. The molecule has 0 aliphatic rings. The van der Waals surface area contributed by atoms with Crippen molar-refractivity contribution in [2.45, 2.75) is 277 Å². The predicted octanol–water partition coefficient (Wildman–Crippen LogP) is 20.3. The molecular formula is C66H110O6. The first-order valence-corrected chi connectivity index (χ1v) is 29.9. The highest BCUT2D eigenvalue weighted by Gasteiger charge is 2.19. The molecule has 72 heavy (non-hydrogen) atoms. The molecule has 0 rings (SSSR count). The first-order chi connectivity index (χ1) is 35.5. The van der Waals surface area contributed by atoms with Crippen LogP contribution in [0.15, 0.2) is 109 Å². The number of esters is 3. The normalized spacial score (nSPS) is 12.9. The summed E-state index contributed by atoms with van der Waals surface area (Å²) in [5, 5.41) is 0. The Bertz CT molecular complexity index is 1470. The van der Waals surface area contributed by atoms with Crippen molar-refractivity contribution in [3.8, 4) is 0 Å². The Labute approximate surface area is 444 Å². The topological polar surface area (TPSA) is 78.9 Å². The summed E-state index contributed by atoms with van der Waals surface area (Å²) in [5.41, 5.74) is 0. The van der Waals surface area contributed by atoms with Gasteiger partial charge in [-0.2, -0.15) is 0 Å². The van der Waals surface area contributed by atoms with Crippen molar-refractivity contribution >= 4 is 17.9 Å².